The fourth-order valence-electron chi connectivity index (χ4n) is 4.71. The zero-order valence-electron chi connectivity index (χ0n) is 18.1. The van der Waals surface area contributed by atoms with Crippen LogP contribution in [0.25, 0.3) is 11.1 Å². The first-order chi connectivity index (χ1) is 15.2. The second kappa shape index (κ2) is 8.56. The Labute approximate surface area is 184 Å². The largest absolute Gasteiger partial charge is 0.369 e. The van der Waals surface area contributed by atoms with E-state index in [1.807, 2.05) is 17.0 Å². The van der Waals surface area contributed by atoms with Gasteiger partial charge in [0.05, 0.1) is 0 Å². The highest BCUT2D eigenvalue weighted by Gasteiger charge is 2.27. The maximum absolute atomic E-state index is 13.0. The van der Waals surface area contributed by atoms with Gasteiger partial charge in [-0.2, -0.15) is 0 Å². The van der Waals surface area contributed by atoms with Gasteiger partial charge in [0, 0.05) is 50.5 Å². The second-order valence-electron chi connectivity index (χ2n) is 8.63. The molecule has 2 heterocycles. The van der Waals surface area contributed by atoms with Crippen molar-refractivity contribution in [3.8, 4) is 11.1 Å². The third-order valence-corrected chi connectivity index (χ3v) is 6.58. The molecule has 0 radical (unpaired) electrons. The number of likely N-dealkylation sites (N-methyl/N-ethyl adjacent to an activating group) is 1. The van der Waals surface area contributed by atoms with Crippen LogP contribution in [0, 0.1) is 0 Å². The average molecular weight is 412 g/mol. The van der Waals surface area contributed by atoms with Crippen LogP contribution in [-0.2, 0) is 13.0 Å². The summed E-state index contributed by atoms with van der Waals surface area (Å²) >= 11 is 0. The van der Waals surface area contributed by atoms with Crippen molar-refractivity contribution < 1.29 is 4.79 Å². The van der Waals surface area contributed by atoms with Gasteiger partial charge < -0.3 is 14.7 Å². The van der Waals surface area contributed by atoms with E-state index < -0.39 is 0 Å². The van der Waals surface area contributed by atoms with Crippen LogP contribution in [0.15, 0.2) is 72.8 Å². The fraction of sp³-hybridized carbons (Fsp3) is 0.296. The molecular formula is C27H29N3O. The number of rotatable bonds is 5. The number of carbonyl (C=O) groups is 1. The van der Waals surface area contributed by atoms with E-state index in [2.05, 4.69) is 77.5 Å². The molecule has 0 aliphatic carbocycles. The Hall–Kier alpha value is -3.11. The van der Waals surface area contributed by atoms with Crippen LogP contribution in [0.5, 0.6) is 0 Å². The standard InChI is InChI=1S/C27H29N3O/c1-28-15-17-29(18-16-28)26-10-6-5-9-22(26)13-14-30-20-24-19-23(11-12-25(24)27(30)31)21-7-3-2-4-8-21/h2-12,19H,13-18,20H2,1H3. The van der Waals surface area contributed by atoms with Crippen LogP contribution >= 0.6 is 0 Å². The summed E-state index contributed by atoms with van der Waals surface area (Å²) in [4.78, 5) is 19.9. The zero-order valence-corrected chi connectivity index (χ0v) is 18.1. The predicted octanol–water partition coefficient (Wildman–Crippen LogP) is 4.30. The van der Waals surface area contributed by atoms with Crippen LogP contribution in [0.1, 0.15) is 21.5 Å². The first-order valence-electron chi connectivity index (χ1n) is 11.2. The minimum Gasteiger partial charge on any atom is -0.369 e. The summed E-state index contributed by atoms with van der Waals surface area (Å²) in [6.45, 7) is 5.76. The van der Waals surface area contributed by atoms with Crippen molar-refractivity contribution in [1.29, 1.82) is 0 Å². The highest BCUT2D eigenvalue weighted by molar-refractivity contribution is 5.99. The fourth-order valence-corrected chi connectivity index (χ4v) is 4.71. The summed E-state index contributed by atoms with van der Waals surface area (Å²) in [6.07, 6.45) is 0.883. The molecule has 0 spiro atoms. The lowest BCUT2D eigenvalue weighted by atomic mass is 10.0. The Morgan fingerprint density at radius 1 is 0.806 bits per heavy atom. The normalized spacial score (nSPS) is 16.6. The summed E-state index contributed by atoms with van der Waals surface area (Å²) in [6, 6.07) is 25.3. The van der Waals surface area contributed by atoms with E-state index in [0.717, 1.165) is 50.3 Å². The quantitative estimate of drug-likeness (QED) is 0.626. The van der Waals surface area contributed by atoms with Gasteiger partial charge in [-0.05, 0) is 53.9 Å². The molecule has 158 valence electrons. The molecule has 1 saturated heterocycles. The third kappa shape index (κ3) is 4.08. The molecule has 0 bridgehead atoms. The summed E-state index contributed by atoms with van der Waals surface area (Å²) in [7, 11) is 2.18. The first-order valence-corrected chi connectivity index (χ1v) is 11.2. The Bertz CT molecular complexity index is 1070. The van der Waals surface area contributed by atoms with Crippen molar-refractivity contribution in [3.63, 3.8) is 0 Å². The molecule has 3 aromatic rings. The van der Waals surface area contributed by atoms with Gasteiger partial charge in [0.2, 0.25) is 0 Å². The lowest BCUT2D eigenvalue weighted by molar-refractivity contribution is 0.0780. The molecule has 4 heteroatoms. The summed E-state index contributed by atoms with van der Waals surface area (Å²) in [5.74, 6) is 0.159. The molecule has 0 saturated carbocycles. The van der Waals surface area contributed by atoms with Gasteiger partial charge in [-0.1, -0.05) is 54.6 Å². The van der Waals surface area contributed by atoms with E-state index in [1.165, 1.54) is 22.4 Å². The van der Waals surface area contributed by atoms with Crippen LogP contribution in [0.4, 0.5) is 5.69 Å². The molecule has 4 nitrogen and oxygen atoms in total. The Morgan fingerprint density at radius 2 is 1.55 bits per heavy atom. The van der Waals surface area contributed by atoms with E-state index in [-0.39, 0.29) is 5.91 Å². The van der Waals surface area contributed by atoms with Crippen molar-refractivity contribution in [2.24, 2.45) is 0 Å². The summed E-state index contributed by atoms with van der Waals surface area (Å²) in [5.41, 5.74) is 7.02. The highest BCUT2D eigenvalue weighted by atomic mass is 16.2. The number of fused-ring (bicyclic) bond motifs is 1. The van der Waals surface area contributed by atoms with Crippen LogP contribution in [0.3, 0.4) is 0 Å². The van der Waals surface area contributed by atoms with Crippen molar-refractivity contribution in [3.05, 3.63) is 89.5 Å². The summed E-state index contributed by atoms with van der Waals surface area (Å²) < 4.78 is 0. The van der Waals surface area contributed by atoms with Crippen LogP contribution in [-0.4, -0.2) is 55.5 Å². The lowest BCUT2D eigenvalue weighted by Crippen LogP contribution is -2.44. The molecule has 5 rings (SSSR count). The predicted molar refractivity (Wildman–Crippen MR) is 126 cm³/mol. The lowest BCUT2D eigenvalue weighted by Gasteiger charge is -2.35. The van der Waals surface area contributed by atoms with Gasteiger partial charge in [-0.3, -0.25) is 4.79 Å². The van der Waals surface area contributed by atoms with E-state index in [9.17, 15) is 4.79 Å². The van der Waals surface area contributed by atoms with Crippen molar-refractivity contribution in [1.82, 2.24) is 9.80 Å². The van der Waals surface area contributed by atoms with Gasteiger partial charge in [0.25, 0.3) is 5.91 Å². The minimum absolute atomic E-state index is 0.159. The smallest absolute Gasteiger partial charge is 0.254 e. The van der Waals surface area contributed by atoms with Gasteiger partial charge in [0.15, 0.2) is 0 Å². The van der Waals surface area contributed by atoms with Gasteiger partial charge >= 0.3 is 0 Å². The molecule has 2 aliphatic rings. The van der Waals surface area contributed by atoms with E-state index >= 15 is 0 Å². The first kappa shape index (κ1) is 19.8. The SMILES string of the molecule is CN1CCN(c2ccccc2CCN2Cc3cc(-c4ccccc4)ccc3C2=O)CC1. The monoisotopic (exact) mass is 411 g/mol. The Kier molecular flexibility index (Phi) is 5.47. The number of carbonyl (C=O) groups excluding carboxylic acids is 1. The molecule has 31 heavy (non-hydrogen) atoms. The molecule has 0 N–H and O–H groups in total. The highest BCUT2D eigenvalue weighted by Crippen LogP contribution is 2.29. The number of amides is 1. The minimum atomic E-state index is 0.159. The molecule has 0 unspecified atom stereocenters. The zero-order chi connectivity index (χ0) is 21.2. The Morgan fingerprint density at radius 3 is 2.35 bits per heavy atom. The number of piperazine rings is 1. The maximum atomic E-state index is 13.0. The van der Waals surface area contributed by atoms with Crippen molar-refractivity contribution in [2.45, 2.75) is 13.0 Å². The maximum Gasteiger partial charge on any atom is 0.254 e. The molecule has 2 aliphatic heterocycles. The van der Waals surface area contributed by atoms with Gasteiger partial charge in [-0.15, -0.1) is 0 Å². The van der Waals surface area contributed by atoms with E-state index in [0.29, 0.717) is 6.54 Å². The van der Waals surface area contributed by atoms with E-state index in [1.54, 1.807) is 0 Å². The number of hydrogen-bond donors (Lipinski definition) is 0. The second-order valence-corrected chi connectivity index (χ2v) is 8.63. The Balaban J connectivity index is 1.29. The van der Waals surface area contributed by atoms with Crippen LogP contribution in [0.2, 0.25) is 0 Å². The third-order valence-electron chi connectivity index (χ3n) is 6.58. The average Bonchev–Trinajstić information content (AvgIpc) is 3.14. The topological polar surface area (TPSA) is 26.8 Å². The van der Waals surface area contributed by atoms with E-state index in [4.69, 9.17) is 0 Å². The van der Waals surface area contributed by atoms with Crippen molar-refractivity contribution >= 4 is 11.6 Å². The number of hydrogen-bond acceptors (Lipinski definition) is 3. The molecule has 0 atom stereocenters. The molecular weight excluding hydrogens is 382 g/mol. The molecule has 1 amide bonds. The number of anilines is 1. The van der Waals surface area contributed by atoms with Gasteiger partial charge in [-0.25, -0.2) is 0 Å². The number of benzene rings is 3. The molecule has 0 aromatic heterocycles. The number of nitrogens with zero attached hydrogens (tertiary/aromatic N) is 3. The molecule has 3 aromatic carbocycles. The van der Waals surface area contributed by atoms with Gasteiger partial charge in [0.1, 0.15) is 0 Å². The summed E-state index contributed by atoms with van der Waals surface area (Å²) in [5, 5.41) is 0. The van der Waals surface area contributed by atoms with Crippen molar-refractivity contribution in [2.75, 3.05) is 44.7 Å². The molecule has 1 fully saturated rings. The van der Waals surface area contributed by atoms with Crippen LogP contribution < -0.4 is 4.90 Å². The number of para-hydroxylation sites is 1.